The number of pyridine rings is 1. The van der Waals surface area contributed by atoms with Gasteiger partial charge in [-0.25, -0.2) is 9.78 Å². The Morgan fingerprint density at radius 2 is 1.79 bits per heavy atom. The number of aromatic hydroxyl groups is 1. The van der Waals surface area contributed by atoms with Crippen LogP contribution in [0.3, 0.4) is 0 Å². The van der Waals surface area contributed by atoms with Crippen molar-refractivity contribution in [3.8, 4) is 23.0 Å². The molecule has 1 heterocycles. The smallest absolute Gasteiger partial charge is 0.412 e. The van der Waals surface area contributed by atoms with Crippen LogP contribution in [0.1, 0.15) is 20.8 Å². The molecule has 152 valence electrons. The normalized spacial score (nSPS) is 11.2. The molecular weight excluding hydrogens is 379 g/mol. The Balaban J connectivity index is 1.83. The van der Waals surface area contributed by atoms with E-state index in [1.165, 1.54) is 19.2 Å². The van der Waals surface area contributed by atoms with Crippen LogP contribution in [-0.4, -0.2) is 28.9 Å². The van der Waals surface area contributed by atoms with Gasteiger partial charge in [0.1, 0.15) is 17.1 Å². The minimum absolute atomic E-state index is 0.151. The van der Waals surface area contributed by atoms with Crippen molar-refractivity contribution in [3.63, 3.8) is 0 Å². The number of carbonyl (C=O) groups excluding carboxylic acids is 1. The summed E-state index contributed by atoms with van der Waals surface area (Å²) < 4.78 is 30.0. The van der Waals surface area contributed by atoms with Crippen LogP contribution >= 0.6 is 0 Å². The Morgan fingerprint density at radius 1 is 1.10 bits per heavy atom. The first-order chi connectivity index (χ1) is 13.6. The first kappa shape index (κ1) is 20.2. The number of nitrogens with one attached hydrogen (secondary N) is 1. The summed E-state index contributed by atoms with van der Waals surface area (Å²) in [6.07, 6.45) is -0.569. The summed E-state index contributed by atoms with van der Waals surface area (Å²) in [4.78, 5) is 15.6. The number of hydrogen-bond acceptors (Lipinski definition) is 6. The predicted octanol–water partition coefficient (Wildman–Crippen LogP) is 5.23. The average Bonchev–Trinajstić information content (AvgIpc) is 2.61. The quantitative estimate of drug-likeness (QED) is 0.583. The van der Waals surface area contributed by atoms with Crippen molar-refractivity contribution in [2.24, 2.45) is 0 Å². The molecule has 0 aliphatic rings. The largest absolute Gasteiger partial charge is 0.504 e. The van der Waals surface area contributed by atoms with Crippen LogP contribution in [0.25, 0.3) is 10.9 Å². The highest BCUT2D eigenvalue weighted by Crippen LogP contribution is 2.37. The van der Waals surface area contributed by atoms with E-state index in [0.29, 0.717) is 16.8 Å². The Bertz CT molecular complexity index is 1050. The predicted molar refractivity (Wildman–Crippen MR) is 106 cm³/mol. The Kier molecular flexibility index (Phi) is 5.45. The van der Waals surface area contributed by atoms with Gasteiger partial charge < -0.3 is 19.3 Å². The first-order valence-corrected chi connectivity index (χ1v) is 8.80. The molecule has 3 rings (SSSR count). The average molecular weight is 400 g/mol. The molecule has 0 unspecified atom stereocenters. The van der Waals surface area contributed by atoms with E-state index in [1.807, 2.05) is 0 Å². The van der Waals surface area contributed by atoms with Crippen molar-refractivity contribution < 1.29 is 28.5 Å². The first-order valence-electron chi connectivity index (χ1n) is 8.80. The summed E-state index contributed by atoms with van der Waals surface area (Å²) in [6, 6.07) is 10.5. The third-order valence-corrected chi connectivity index (χ3v) is 3.77. The number of phenols is 1. The highest BCUT2D eigenvalue weighted by Gasteiger charge is 2.16. The van der Waals surface area contributed by atoms with Crippen LogP contribution in [0, 0.1) is 5.95 Å². The molecule has 1 aromatic heterocycles. The zero-order valence-electron chi connectivity index (χ0n) is 16.4. The third kappa shape index (κ3) is 5.04. The number of fused-ring (bicyclic) bond motifs is 1. The van der Waals surface area contributed by atoms with Gasteiger partial charge in [-0.05, 0) is 51.1 Å². The van der Waals surface area contributed by atoms with Gasteiger partial charge in [0, 0.05) is 23.2 Å². The van der Waals surface area contributed by atoms with Crippen LogP contribution in [0.2, 0.25) is 0 Å². The Hall–Kier alpha value is -3.55. The molecule has 0 spiro atoms. The Labute approximate surface area is 167 Å². The maximum atomic E-state index is 13.9. The van der Waals surface area contributed by atoms with Gasteiger partial charge in [0.25, 0.3) is 0 Å². The lowest BCUT2D eigenvalue weighted by atomic mass is 10.1. The zero-order chi connectivity index (χ0) is 21.2. The molecule has 0 saturated heterocycles. The maximum absolute atomic E-state index is 13.9. The molecule has 1 amide bonds. The molecule has 2 N–H and O–H groups in total. The van der Waals surface area contributed by atoms with Crippen molar-refractivity contribution in [3.05, 3.63) is 48.4 Å². The monoisotopic (exact) mass is 400 g/mol. The topological polar surface area (TPSA) is 89.9 Å². The second kappa shape index (κ2) is 7.83. The van der Waals surface area contributed by atoms with E-state index in [2.05, 4.69) is 10.3 Å². The fourth-order valence-corrected chi connectivity index (χ4v) is 2.58. The van der Waals surface area contributed by atoms with Gasteiger partial charge in [-0.15, -0.1) is 0 Å². The number of aromatic nitrogens is 1. The molecule has 0 atom stereocenters. The number of rotatable bonds is 4. The number of benzene rings is 2. The summed E-state index contributed by atoms with van der Waals surface area (Å²) >= 11 is 0. The number of hydrogen-bond donors (Lipinski definition) is 2. The number of methoxy groups -OCH3 is 1. The van der Waals surface area contributed by atoms with Gasteiger partial charge in [-0.2, -0.15) is 4.39 Å². The van der Waals surface area contributed by atoms with Gasteiger partial charge in [0.15, 0.2) is 11.5 Å². The number of phenolic OH excluding ortho intramolecular Hbond substituents is 1. The standard InChI is InChI=1S/C21H21FN2O5/c1-21(2,3)29-20(26)23-12-5-7-13(8-6-12)28-17-11-19(22)24-15-10-16(25)18(27-4)9-14(15)17/h5-11,25H,1-4H3,(H,23,26). The molecule has 8 heteroatoms. The van der Waals surface area contributed by atoms with Crippen molar-refractivity contribution >= 4 is 22.7 Å². The second-order valence-corrected chi connectivity index (χ2v) is 7.24. The number of ether oxygens (including phenoxy) is 3. The summed E-state index contributed by atoms with van der Waals surface area (Å²) in [7, 11) is 1.41. The fourth-order valence-electron chi connectivity index (χ4n) is 2.58. The molecule has 29 heavy (non-hydrogen) atoms. The van der Waals surface area contributed by atoms with Crippen molar-refractivity contribution in [2.75, 3.05) is 12.4 Å². The molecule has 2 aromatic carbocycles. The van der Waals surface area contributed by atoms with Crippen LogP contribution in [0.4, 0.5) is 14.9 Å². The van der Waals surface area contributed by atoms with Crippen LogP contribution in [-0.2, 0) is 4.74 Å². The minimum Gasteiger partial charge on any atom is -0.504 e. The lowest BCUT2D eigenvalue weighted by Gasteiger charge is -2.19. The van der Waals surface area contributed by atoms with E-state index < -0.39 is 17.6 Å². The van der Waals surface area contributed by atoms with E-state index >= 15 is 0 Å². The molecule has 3 aromatic rings. The molecule has 0 aliphatic heterocycles. The summed E-state index contributed by atoms with van der Waals surface area (Å²) in [5.41, 5.74) is 0.139. The number of anilines is 1. The van der Waals surface area contributed by atoms with Crippen molar-refractivity contribution in [1.29, 1.82) is 0 Å². The van der Waals surface area contributed by atoms with Crippen LogP contribution < -0.4 is 14.8 Å². The van der Waals surface area contributed by atoms with Crippen LogP contribution in [0.15, 0.2) is 42.5 Å². The number of amides is 1. The van der Waals surface area contributed by atoms with Gasteiger partial charge in [-0.3, -0.25) is 5.32 Å². The van der Waals surface area contributed by atoms with E-state index in [4.69, 9.17) is 14.2 Å². The van der Waals surface area contributed by atoms with Gasteiger partial charge in [0.05, 0.1) is 12.6 Å². The van der Waals surface area contributed by atoms with Gasteiger partial charge >= 0.3 is 6.09 Å². The molecule has 0 saturated carbocycles. The van der Waals surface area contributed by atoms with E-state index in [9.17, 15) is 14.3 Å². The van der Waals surface area contributed by atoms with Crippen molar-refractivity contribution in [1.82, 2.24) is 4.98 Å². The van der Waals surface area contributed by atoms with Gasteiger partial charge in [0.2, 0.25) is 5.95 Å². The maximum Gasteiger partial charge on any atom is 0.412 e. The van der Waals surface area contributed by atoms with Gasteiger partial charge in [-0.1, -0.05) is 0 Å². The third-order valence-electron chi connectivity index (χ3n) is 3.77. The Morgan fingerprint density at radius 3 is 2.41 bits per heavy atom. The zero-order valence-corrected chi connectivity index (χ0v) is 16.4. The van der Waals surface area contributed by atoms with E-state index in [-0.39, 0.29) is 22.8 Å². The number of halogens is 1. The molecule has 0 radical (unpaired) electrons. The van der Waals surface area contributed by atoms with E-state index in [0.717, 1.165) is 6.07 Å². The molecule has 7 nitrogen and oxygen atoms in total. The molecule has 0 bridgehead atoms. The van der Waals surface area contributed by atoms with Crippen LogP contribution in [0.5, 0.6) is 23.0 Å². The lowest BCUT2D eigenvalue weighted by molar-refractivity contribution is 0.0636. The molecule has 0 aliphatic carbocycles. The fraction of sp³-hybridized carbons (Fsp3) is 0.238. The molecular formula is C21H21FN2O5. The highest BCUT2D eigenvalue weighted by molar-refractivity contribution is 5.88. The minimum atomic E-state index is -0.750. The summed E-state index contributed by atoms with van der Waals surface area (Å²) in [5, 5.41) is 13.0. The lowest BCUT2D eigenvalue weighted by Crippen LogP contribution is -2.27. The van der Waals surface area contributed by atoms with Crippen molar-refractivity contribution in [2.45, 2.75) is 26.4 Å². The number of nitrogens with zero attached hydrogens (tertiary/aromatic N) is 1. The second-order valence-electron chi connectivity index (χ2n) is 7.24. The molecule has 0 fully saturated rings. The number of carbonyl (C=O) groups is 1. The highest BCUT2D eigenvalue weighted by atomic mass is 19.1. The summed E-state index contributed by atoms with van der Waals surface area (Å²) in [6.45, 7) is 5.32. The summed E-state index contributed by atoms with van der Waals surface area (Å²) in [5.74, 6) is -0.0631. The SMILES string of the molecule is COc1cc2c(Oc3ccc(NC(=O)OC(C)(C)C)cc3)cc(F)nc2cc1O. The van der Waals surface area contributed by atoms with E-state index in [1.54, 1.807) is 45.0 Å².